The van der Waals surface area contributed by atoms with E-state index in [1.54, 1.807) is 0 Å². The Morgan fingerprint density at radius 2 is 1.81 bits per heavy atom. The van der Waals surface area contributed by atoms with Crippen molar-refractivity contribution in [1.29, 1.82) is 0 Å². The van der Waals surface area contributed by atoms with Crippen molar-refractivity contribution < 1.29 is 0 Å². The highest BCUT2D eigenvalue weighted by molar-refractivity contribution is 9.10. The Morgan fingerprint density at radius 1 is 1.31 bits per heavy atom. The van der Waals surface area contributed by atoms with Crippen molar-refractivity contribution in [3.63, 3.8) is 0 Å². The van der Waals surface area contributed by atoms with Crippen LogP contribution in [0.15, 0.2) is 21.6 Å². The van der Waals surface area contributed by atoms with Gasteiger partial charge < -0.3 is 11.1 Å². The molecule has 0 aliphatic heterocycles. The van der Waals surface area contributed by atoms with Crippen LogP contribution >= 0.6 is 15.9 Å². The molecule has 3 N–H and O–H groups in total. The number of benzene rings is 1. The first kappa shape index (κ1) is 13.0. The average molecular weight is 284 g/mol. The fourth-order valence-electron chi connectivity index (χ4n) is 1.48. The van der Waals surface area contributed by atoms with E-state index in [1.165, 1.54) is 11.1 Å². The Kier molecular flexibility index (Phi) is 4.35. The number of hydrogen-bond acceptors (Lipinski definition) is 1. The Morgan fingerprint density at radius 3 is 2.25 bits per heavy atom. The Labute approximate surface area is 105 Å². The van der Waals surface area contributed by atoms with Crippen molar-refractivity contribution >= 4 is 27.6 Å². The molecule has 0 bridgehead atoms. The summed E-state index contributed by atoms with van der Waals surface area (Å²) in [5.74, 6) is 0.455. The normalized spacial score (nSPS) is 12.0. The van der Waals surface area contributed by atoms with Gasteiger partial charge in [0.2, 0.25) is 0 Å². The molecule has 0 saturated carbocycles. The molecule has 0 saturated heterocycles. The molecule has 0 atom stereocenters. The SMILES string of the molecule is Cc1cc(NC(N)=NC(C)C)cc(C)c1Br. The molecule has 0 aliphatic rings. The van der Waals surface area contributed by atoms with E-state index in [9.17, 15) is 0 Å². The van der Waals surface area contributed by atoms with E-state index in [0.717, 1.165) is 10.2 Å². The quantitative estimate of drug-likeness (QED) is 0.647. The van der Waals surface area contributed by atoms with E-state index < -0.39 is 0 Å². The van der Waals surface area contributed by atoms with Crippen LogP contribution in [0.3, 0.4) is 0 Å². The first-order valence-corrected chi connectivity index (χ1v) is 6.06. The van der Waals surface area contributed by atoms with Crippen molar-refractivity contribution in [2.24, 2.45) is 10.7 Å². The molecule has 4 heteroatoms. The summed E-state index contributed by atoms with van der Waals surface area (Å²) < 4.78 is 1.14. The number of nitrogens with one attached hydrogen (secondary N) is 1. The molecule has 88 valence electrons. The van der Waals surface area contributed by atoms with Gasteiger partial charge >= 0.3 is 0 Å². The number of nitrogens with two attached hydrogens (primary N) is 1. The third-order valence-electron chi connectivity index (χ3n) is 2.11. The van der Waals surface area contributed by atoms with Gasteiger partial charge in [-0.1, -0.05) is 15.9 Å². The maximum atomic E-state index is 5.77. The van der Waals surface area contributed by atoms with E-state index in [-0.39, 0.29) is 6.04 Å². The van der Waals surface area contributed by atoms with Crippen molar-refractivity contribution in [2.75, 3.05) is 5.32 Å². The lowest BCUT2D eigenvalue weighted by Crippen LogP contribution is -2.24. The summed E-state index contributed by atoms with van der Waals surface area (Å²) in [7, 11) is 0. The number of hydrogen-bond donors (Lipinski definition) is 2. The van der Waals surface area contributed by atoms with Gasteiger partial charge in [-0.2, -0.15) is 0 Å². The zero-order valence-corrected chi connectivity index (χ0v) is 11.7. The highest BCUT2D eigenvalue weighted by Crippen LogP contribution is 2.24. The van der Waals surface area contributed by atoms with Crippen molar-refractivity contribution in [3.05, 3.63) is 27.7 Å². The number of aliphatic imine (C=N–C) groups is 1. The molecule has 16 heavy (non-hydrogen) atoms. The van der Waals surface area contributed by atoms with Gasteiger partial charge in [-0.15, -0.1) is 0 Å². The molecular formula is C12H18BrN3. The second kappa shape index (κ2) is 5.34. The summed E-state index contributed by atoms with van der Waals surface area (Å²) >= 11 is 3.53. The molecule has 1 aromatic carbocycles. The van der Waals surface area contributed by atoms with Crippen LogP contribution in [0.4, 0.5) is 5.69 Å². The van der Waals surface area contributed by atoms with Crippen molar-refractivity contribution in [1.82, 2.24) is 0 Å². The largest absolute Gasteiger partial charge is 0.370 e. The standard InChI is InChI=1S/C12H18BrN3/c1-7(2)15-12(14)16-10-5-8(3)11(13)9(4)6-10/h5-7H,1-4H3,(H3,14,15,16). The van der Waals surface area contributed by atoms with Crippen LogP contribution in [0.25, 0.3) is 0 Å². The number of halogens is 1. The summed E-state index contributed by atoms with van der Waals surface area (Å²) in [5, 5.41) is 3.09. The molecule has 0 amide bonds. The van der Waals surface area contributed by atoms with Crippen molar-refractivity contribution in [2.45, 2.75) is 33.7 Å². The molecule has 0 aromatic heterocycles. The smallest absolute Gasteiger partial charge is 0.193 e. The number of guanidine groups is 1. The lowest BCUT2D eigenvalue weighted by molar-refractivity contribution is 0.833. The van der Waals surface area contributed by atoms with Gasteiger partial charge in [0, 0.05) is 16.2 Å². The minimum absolute atomic E-state index is 0.199. The highest BCUT2D eigenvalue weighted by atomic mass is 79.9. The molecule has 3 nitrogen and oxygen atoms in total. The van der Waals surface area contributed by atoms with Crippen LogP contribution < -0.4 is 11.1 Å². The Balaban J connectivity index is 2.91. The lowest BCUT2D eigenvalue weighted by atomic mass is 10.1. The molecule has 0 heterocycles. The average Bonchev–Trinajstić information content (AvgIpc) is 2.12. The van der Waals surface area contributed by atoms with E-state index in [0.29, 0.717) is 5.96 Å². The molecule has 0 aliphatic carbocycles. The summed E-state index contributed by atoms with van der Waals surface area (Å²) in [6, 6.07) is 4.28. The predicted molar refractivity (Wildman–Crippen MR) is 74.0 cm³/mol. The van der Waals surface area contributed by atoms with Crippen LogP contribution in [0.2, 0.25) is 0 Å². The highest BCUT2D eigenvalue weighted by Gasteiger charge is 2.03. The monoisotopic (exact) mass is 283 g/mol. The molecule has 0 spiro atoms. The second-order valence-electron chi connectivity index (χ2n) is 4.16. The predicted octanol–water partition coefficient (Wildman–Crippen LogP) is 3.20. The molecule has 0 fully saturated rings. The number of anilines is 1. The van der Waals surface area contributed by atoms with Crippen LogP contribution in [-0.2, 0) is 0 Å². The Bertz CT molecular complexity index is 388. The topological polar surface area (TPSA) is 50.4 Å². The van der Waals surface area contributed by atoms with Crippen LogP contribution in [0.1, 0.15) is 25.0 Å². The summed E-state index contributed by atoms with van der Waals surface area (Å²) in [6.07, 6.45) is 0. The second-order valence-corrected chi connectivity index (χ2v) is 4.95. The van der Waals surface area contributed by atoms with Gasteiger partial charge in [-0.3, -0.25) is 4.99 Å². The zero-order chi connectivity index (χ0) is 12.3. The van der Waals surface area contributed by atoms with E-state index >= 15 is 0 Å². The number of nitrogens with zero attached hydrogens (tertiary/aromatic N) is 1. The lowest BCUT2D eigenvalue weighted by Gasteiger charge is -2.10. The van der Waals surface area contributed by atoms with Crippen LogP contribution in [0, 0.1) is 13.8 Å². The maximum Gasteiger partial charge on any atom is 0.193 e. The minimum Gasteiger partial charge on any atom is -0.370 e. The van der Waals surface area contributed by atoms with Gasteiger partial charge in [-0.25, -0.2) is 0 Å². The van der Waals surface area contributed by atoms with Crippen LogP contribution in [0.5, 0.6) is 0 Å². The zero-order valence-electron chi connectivity index (χ0n) is 10.1. The minimum atomic E-state index is 0.199. The maximum absolute atomic E-state index is 5.77. The van der Waals surface area contributed by atoms with E-state index in [1.807, 2.05) is 26.0 Å². The van der Waals surface area contributed by atoms with E-state index in [2.05, 4.69) is 40.1 Å². The van der Waals surface area contributed by atoms with Crippen LogP contribution in [-0.4, -0.2) is 12.0 Å². The molecular weight excluding hydrogens is 266 g/mol. The summed E-state index contributed by atoms with van der Waals surface area (Å²) in [4.78, 5) is 4.23. The first-order chi connectivity index (χ1) is 7.40. The first-order valence-electron chi connectivity index (χ1n) is 5.27. The van der Waals surface area contributed by atoms with Gasteiger partial charge in [0.25, 0.3) is 0 Å². The molecule has 0 radical (unpaired) electrons. The molecule has 0 unspecified atom stereocenters. The summed E-state index contributed by atoms with van der Waals surface area (Å²) in [6.45, 7) is 8.09. The molecule has 1 aromatic rings. The van der Waals surface area contributed by atoms with Gasteiger partial charge in [0.15, 0.2) is 5.96 Å². The molecule has 1 rings (SSSR count). The third kappa shape index (κ3) is 3.52. The van der Waals surface area contributed by atoms with Gasteiger partial charge in [0.05, 0.1) is 0 Å². The van der Waals surface area contributed by atoms with Gasteiger partial charge in [-0.05, 0) is 51.0 Å². The summed E-state index contributed by atoms with van der Waals surface area (Å²) in [5.41, 5.74) is 9.11. The Hall–Kier alpha value is -1.03. The van der Waals surface area contributed by atoms with Crippen molar-refractivity contribution in [3.8, 4) is 0 Å². The fraction of sp³-hybridized carbons (Fsp3) is 0.417. The number of rotatable bonds is 2. The van der Waals surface area contributed by atoms with E-state index in [4.69, 9.17) is 5.73 Å². The number of aryl methyl sites for hydroxylation is 2. The third-order valence-corrected chi connectivity index (χ3v) is 3.36. The fourth-order valence-corrected chi connectivity index (χ4v) is 1.71. The van der Waals surface area contributed by atoms with Gasteiger partial charge in [0.1, 0.15) is 0 Å².